The minimum absolute atomic E-state index is 0.00723. The molecule has 1 spiro atoms. The molecule has 50 heavy (non-hydrogen) atoms. The van der Waals surface area contributed by atoms with Crippen molar-refractivity contribution < 1.29 is 38.4 Å². The lowest BCUT2D eigenvalue weighted by Crippen LogP contribution is -2.52. The van der Waals surface area contributed by atoms with Gasteiger partial charge in [-0.2, -0.15) is 0 Å². The fourth-order valence-corrected chi connectivity index (χ4v) is 12.2. The number of hydrogen-bond acceptors (Lipinski definition) is 10. The van der Waals surface area contributed by atoms with Gasteiger partial charge in [0.05, 0.1) is 46.3 Å². The molecule has 268 valence electrons. The molecule has 0 radical (unpaired) electrons. The van der Waals surface area contributed by atoms with Gasteiger partial charge >= 0.3 is 12.1 Å². The maximum absolute atomic E-state index is 15.0. The molecule has 3 aliphatic rings. The first-order chi connectivity index (χ1) is 24.0. The molecule has 2 amide bonds. The van der Waals surface area contributed by atoms with E-state index in [1.807, 2.05) is 36.5 Å². The lowest BCUT2D eigenvalue weighted by molar-refractivity contribution is -0.146. The van der Waals surface area contributed by atoms with Gasteiger partial charge in [-0.25, -0.2) is 4.79 Å². The average Bonchev–Trinajstić information content (AvgIpc) is 3.88. The van der Waals surface area contributed by atoms with Crippen molar-refractivity contribution in [3.8, 4) is 5.75 Å². The summed E-state index contributed by atoms with van der Waals surface area (Å²) in [7, 11) is 0.644. The third-order valence-electron chi connectivity index (χ3n) is 10.7. The minimum atomic E-state index is -2.38. The number of fused-ring (bicyclic) bond motifs is 2. The fourth-order valence-electron chi connectivity index (χ4n) is 8.17. The Morgan fingerprint density at radius 1 is 1.10 bits per heavy atom. The minimum Gasteiger partial charge on any atom is -0.497 e. The Bertz CT molecular complexity index is 1710. The van der Waals surface area contributed by atoms with E-state index in [1.165, 1.54) is 12.3 Å². The van der Waals surface area contributed by atoms with Crippen molar-refractivity contribution >= 4 is 42.6 Å². The molecule has 6 rings (SSSR count). The van der Waals surface area contributed by atoms with Gasteiger partial charge in [-0.05, 0) is 55.1 Å². The number of rotatable bonds is 14. The number of aryl methyl sites for hydroxylation is 1. The van der Waals surface area contributed by atoms with Crippen LogP contribution in [0.3, 0.4) is 0 Å². The summed E-state index contributed by atoms with van der Waals surface area (Å²) < 4.78 is 24.6. The third-order valence-corrected chi connectivity index (χ3v) is 15.1. The number of esters is 1. The van der Waals surface area contributed by atoms with Gasteiger partial charge in [0.1, 0.15) is 12.4 Å². The van der Waals surface area contributed by atoms with Crippen LogP contribution in [0.4, 0.5) is 16.2 Å². The standard InChI is InChI=1S/C36H47N5O8Si/c1-24-33(50(4,5)28-12-10-27(46-2)11-13-28)31(15-18-39-23-25(16-20-42)37-38-39)49-36(24)29-22-26(40-19-21-48-35(40)45)9-14-30(29)41(34(36)44)17-7-6-8-32(43)47-3/h9-14,22-24,31,33,42H,6-8,15-21H2,1-5H3/t24-,31+,33-,36+/m0/s1. The number of carbonyl (C=O) groups excluding carboxylic acids is 3. The van der Waals surface area contributed by atoms with Gasteiger partial charge in [-0.3, -0.25) is 19.2 Å². The quantitative estimate of drug-likeness (QED) is 0.150. The lowest BCUT2D eigenvalue weighted by Gasteiger charge is -2.37. The number of benzene rings is 2. The molecular formula is C36H47N5O8Si. The number of amides is 2. The highest BCUT2D eigenvalue weighted by atomic mass is 28.3. The number of aliphatic hydroxyl groups is 1. The van der Waals surface area contributed by atoms with Gasteiger partial charge in [-0.15, -0.1) is 5.10 Å². The van der Waals surface area contributed by atoms with Crippen LogP contribution in [0.15, 0.2) is 48.7 Å². The number of methoxy groups -OCH3 is 2. The monoisotopic (exact) mass is 705 g/mol. The van der Waals surface area contributed by atoms with E-state index < -0.39 is 19.8 Å². The molecule has 2 aromatic carbocycles. The van der Waals surface area contributed by atoms with Crippen LogP contribution < -0.4 is 19.7 Å². The van der Waals surface area contributed by atoms with Crippen LogP contribution in [0.25, 0.3) is 0 Å². The van der Waals surface area contributed by atoms with E-state index in [9.17, 15) is 14.7 Å². The van der Waals surface area contributed by atoms with Crippen molar-refractivity contribution in [2.45, 2.75) is 75.9 Å². The Balaban J connectivity index is 1.41. The Morgan fingerprint density at radius 2 is 1.88 bits per heavy atom. The molecule has 13 nitrogen and oxygen atoms in total. The van der Waals surface area contributed by atoms with E-state index in [-0.39, 0.29) is 42.5 Å². The molecule has 4 atom stereocenters. The second-order valence-corrected chi connectivity index (χ2v) is 18.5. The van der Waals surface area contributed by atoms with Crippen molar-refractivity contribution in [3.05, 3.63) is 59.9 Å². The van der Waals surface area contributed by atoms with Crippen LogP contribution in [0.5, 0.6) is 5.75 Å². The molecule has 2 fully saturated rings. The molecule has 0 bridgehead atoms. The molecule has 14 heteroatoms. The van der Waals surface area contributed by atoms with Gasteiger partial charge in [-0.1, -0.05) is 42.6 Å². The van der Waals surface area contributed by atoms with E-state index in [2.05, 4.69) is 42.5 Å². The Labute approximate surface area is 293 Å². The van der Waals surface area contributed by atoms with Gasteiger partial charge in [0.15, 0.2) is 5.60 Å². The van der Waals surface area contributed by atoms with Crippen molar-refractivity contribution in [1.29, 1.82) is 0 Å². The fraction of sp³-hybridized carbons (Fsp3) is 0.528. The van der Waals surface area contributed by atoms with E-state index in [0.717, 1.165) is 17.0 Å². The molecule has 0 saturated carbocycles. The van der Waals surface area contributed by atoms with Crippen molar-refractivity contribution in [3.63, 3.8) is 0 Å². The summed E-state index contributed by atoms with van der Waals surface area (Å²) in [5, 5.41) is 19.1. The lowest BCUT2D eigenvalue weighted by atomic mass is 9.82. The highest BCUT2D eigenvalue weighted by Gasteiger charge is 2.66. The Kier molecular flexibility index (Phi) is 10.3. The van der Waals surface area contributed by atoms with Crippen molar-refractivity contribution in [1.82, 2.24) is 15.0 Å². The number of aromatic nitrogens is 3. The Morgan fingerprint density at radius 3 is 2.56 bits per heavy atom. The first-order valence-electron chi connectivity index (χ1n) is 17.3. The number of cyclic esters (lactones) is 1. The summed E-state index contributed by atoms with van der Waals surface area (Å²) in [6, 6.07) is 13.9. The molecule has 0 unspecified atom stereocenters. The zero-order valence-electron chi connectivity index (χ0n) is 29.5. The molecule has 3 aromatic rings. The largest absolute Gasteiger partial charge is 0.497 e. The molecule has 2 saturated heterocycles. The van der Waals surface area contributed by atoms with Crippen LogP contribution in [0.1, 0.15) is 43.9 Å². The van der Waals surface area contributed by atoms with E-state index in [1.54, 1.807) is 21.6 Å². The van der Waals surface area contributed by atoms with E-state index >= 15 is 4.79 Å². The SMILES string of the molecule is COC(=O)CCCCN1C(=O)[C@]2(O[C@H](CCn3cc(CCO)nn3)[C@@H]([Si](C)(C)c3ccc(OC)cc3)[C@@H]2C)c2cc(N3CCOC3=O)ccc21. The summed E-state index contributed by atoms with van der Waals surface area (Å²) in [5.41, 5.74) is 1.58. The van der Waals surface area contributed by atoms with Gasteiger partial charge in [0.2, 0.25) is 0 Å². The highest BCUT2D eigenvalue weighted by Crippen LogP contribution is 2.60. The second-order valence-electron chi connectivity index (χ2n) is 13.8. The second kappa shape index (κ2) is 14.5. The predicted molar refractivity (Wildman–Crippen MR) is 188 cm³/mol. The topological polar surface area (TPSA) is 146 Å². The number of ether oxygens (including phenoxy) is 4. The van der Waals surface area contributed by atoms with Crippen LogP contribution in [0, 0.1) is 5.92 Å². The van der Waals surface area contributed by atoms with Crippen molar-refractivity contribution in [2.75, 3.05) is 50.3 Å². The molecule has 4 heterocycles. The van der Waals surface area contributed by atoms with Crippen molar-refractivity contribution in [2.24, 2.45) is 5.92 Å². The average molecular weight is 706 g/mol. The zero-order chi connectivity index (χ0) is 35.6. The summed E-state index contributed by atoms with van der Waals surface area (Å²) in [5.74, 6) is 0.140. The molecule has 0 aliphatic carbocycles. The summed E-state index contributed by atoms with van der Waals surface area (Å²) in [4.78, 5) is 42.9. The zero-order valence-corrected chi connectivity index (χ0v) is 30.5. The number of aliphatic hydroxyl groups excluding tert-OH is 1. The maximum Gasteiger partial charge on any atom is 0.414 e. The van der Waals surface area contributed by atoms with Crippen LogP contribution in [-0.2, 0) is 42.4 Å². The Hall–Kier alpha value is -4.27. The number of carbonyl (C=O) groups is 3. The van der Waals surface area contributed by atoms with Crippen LogP contribution in [0.2, 0.25) is 18.6 Å². The first kappa shape index (κ1) is 35.5. The van der Waals surface area contributed by atoms with Gasteiger partial charge in [0, 0.05) is 55.9 Å². The molecule has 1 N–H and O–H groups in total. The first-order valence-corrected chi connectivity index (χ1v) is 20.4. The third kappa shape index (κ3) is 6.39. The van der Waals surface area contributed by atoms with Crippen LogP contribution in [-0.4, -0.2) is 92.8 Å². The highest BCUT2D eigenvalue weighted by molar-refractivity contribution is 6.91. The number of unbranched alkanes of at least 4 members (excludes halogenated alkanes) is 1. The number of anilines is 2. The number of nitrogens with zero attached hydrogens (tertiary/aromatic N) is 5. The summed E-state index contributed by atoms with van der Waals surface area (Å²) in [6.45, 7) is 8.45. The summed E-state index contributed by atoms with van der Waals surface area (Å²) in [6.07, 6.45) is 3.58. The molecule has 1 aromatic heterocycles. The molecular weight excluding hydrogens is 659 g/mol. The van der Waals surface area contributed by atoms with Gasteiger partial charge < -0.3 is 29.0 Å². The predicted octanol–water partition coefficient (Wildman–Crippen LogP) is 3.77. The van der Waals surface area contributed by atoms with Gasteiger partial charge in [0.25, 0.3) is 5.91 Å². The van der Waals surface area contributed by atoms with Crippen LogP contribution >= 0.6 is 0 Å². The normalized spacial score (nSPS) is 23.1. The summed E-state index contributed by atoms with van der Waals surface area (Å²) >= 11 is 0. The van der Waals surface area contributed by atoms with E-state index in [4.69, 9.17) is 18.9 Å². The maximum atomic E-state index is 15.0. The smallest absolute Gasteiger partial charge is 0.414 e. The van der Waals surface area contributed by atoms with E-state index in [0.29, 0.717) is 63.3 Å². The molecule has 3 aliphatic heterocycles. The number of hydrogen-bond donors (Lipinski definition) is 1.